The van der Waals surface area contributed by atoms with Crippen LogP contribution in [0.1, 0.15) is 49.6 Å². The topological polar surface area (TPSA) is 74.7 Å². The molecular formula is C33H35N3O3S. The predicted octanol–water partition coefficient (Wildman–Crippen LogP) is 6.93. The van der Waals surface area contributed by atoms with Gasteiger partial charge < -0.3 is 9.84 Å². The summed E-state index contributed by atoms with van der Waals surface area (Å²) in [7, 11) is 0. The molecule has 3 aromatic carbocycles. The molecule has 1 aliphatic rings. The monoisotopic (exact) mass is 553 g/mol. The number of aliphatic hydroxyl groups excluding tert-OH is 1. The molecule has 0 spiro atoms. The number of hydrogen-bond donors (Lipinski definition) is 2. The molecule has 40 heavy (non-hydrogen) atoms. The van der Waals surface area contributed by atoms with Crippen LogP contribution in [-0.2, 0) is 10.3 Å². The van der Waals surface area contributed by atoms with Gasteiger partial charge in [-0.2, -0.15) is 0 Å². The van der Waals surface area contributed by atoms with Crippen LogP contribution in [0.15, 0.2) is 102 Å². The minimum atomic E-state index is -0.593. The van der Waals surface area contributed by atoms with E-state index in [4.69, 9.17) is 4.74 Å². The molecule has 1 aliphatic heterocycles. The first-order valence-corrected chi connectivity index (χ1v) is 14.4. The second-order valence-electron chi connectivity index (χ2n) is 11.0. The summed E-state index contributed by atoms with van der Waals surface area (Å²) in [6.45, 7) is 6.72. The van der Waals surface area contributed by atoms with Gasteiger partial charge in [-0.25, -0.2) is 9.78 Å². The Balaban J connectivity index is 1.52. The molecule has 0 saturated carbocycles. The Kier molecular flexibility index (Phi) is 8.17. The van der Waals surface area contributed by atoms with Gasteiger partial charge in [-0.15, -0.1) is 11.3 Å². The van der Waals surface area contributed by atoms with Crippen LogP contribution in [0.2, 0.25) is 0 Å². The Morgan fingerprint density at radius 3 is 1.98 bits per heavy atom. The highest BCUT2D eigenvalue weighted by Gasteiger charge is 2.44. The lowest BCUT2D eigenvalue weighted by atomic mass is 9.74. The van der Waals surface area contributed by atoms with Gasteiger partial charge in [0.15, 0.2) is 5.13 Å². The third-order valence-electron chi connectivity index (χ3n) is 6.99. The summed E-state index contributed by atoms with van der Waals surface area (Å²) in [4.78, 5) is 19.2. The van der Waals surface area contributed by atoms with Crippen molar-refractivity contribution in [2.24, 2.45) is 0 Å². The number of anilines is 1. The molecule has 2 N–H and O–H groups in total. The molecule has 0 aliphatic carbocycles. The number of likely N-dealkylation sites (tertiary alicyclic amines) is 1. The maximum Gasteiger partial charge on any atom is 0.413 e. The van der Waals surface area contributed by atoms with E-state index in [1.807, 2.05) is 50.4 Å². The number of hydrogen-bond acceptors (Lipinski definition) is 6. The van der Waals surface area contributed by atoms with Crippen molar-refractivity contribution in [3.05, 3.63) is 124 Å². The van der Waals surface area contributed by atoms with Gasteiger partial charge in [0, 0.05) is 18.5 Å². The average Bonchev–Trinajstić information content (AvgIpc) is 3.38. The molecule has 2 heterocycles. The third kappa shape index (κ3) is 6.02. The van der Waals surface area contributed by atoms with Crippen LogP contribution in [0.3, 0.4) is 0 Å². The third-order valence-corrected chi connectivity index (χ3v) is 7.76. The molecule has 1 atom stereocenters. The fraction of sp³-hybridized carbons (Fsp3) is 0.273. The Bertz CT molecular complexity index is 1350. The van der Waals surface area contributed by atoms with Crippen molar-refractivity contribution in [3.63, 3.8) is 0 Å². The van der Waals surface area contributed by atoms with Crippen LogP contribution in [0.4, 0.5) is 9.93 Å². The van der Waals surface area contributed by atoms with Gasteiger partial charge in [0.1, 0.15) is 5.60 Å². The molecule has 1 saturated heterocycles. The number of piperidine rings is 1. The first-order valence-electron chi connectivity index (χ1n) is 13.5. The van der Waals surface area contributed by atoms with E-state index in [0.29, 0.717) is 30.3 Å². The fourth-order valence-electron chi connectivity index (χ4n) is 5.37. The maximum absolute atomic E-state index is 12.2. The zero-order valence-corrected chi connectivity index (χ0v) is 23.9. The highest BCUT2D eigenvalue weighted by atomic mass is 32.1. The quantitative estimate of drug-likeness (QED) is 0.253. The predicted molar refractivity (Wildman–Crippen MR) is 161 cm³/mol. The molecule has 1 fully saturated rings. The van der Waals surface area contributed by atoms with Crippen LogP contribution in [0.25, 0.3) is 6.08 Å². The zero-order chi connectivity index (χ0) is 28.2. The number of aliphatic hydroxyl groups is 1. The lowest BCUT2D eigenvalue weighted by Gasteiger charge is -2.48. The summed E-state index contributed by atoms with van der Waals surface area (Å²) < 4.78 is 5.35. The minimum Gasteiger partial charge on any atom is -0.444 e. The summed E-state index contributed by atoms with van der Waals surface area (Å²) in [5.41, 5.74) is 3.92. The number of thiazole rings is 1. The number of nitrogens with one attached hydrogen (secondary N) is 1. The highest BCUT2D eigenvalue weighted by Crippen LogP contribution is 2.44. The summed E-state index contributed by atoms with van der Waals surface area (Å²) in [6, 6.07) is 31.7. The number of rotatable bonds is 6. The van der Waals surface area contributed by atoms with E-state index in [9.17, 15) is 9.90 Å². The van der Waals surface area contributed by atoms with Gasteiger partial charge in [-0.05, 0) is 55.5 Å². The normalized spacial score (nSPS) is 17.5. The molecule has 6 nitrogen and oxygen atoms in total. The average molecular weight is 554 g/mol. The molecule has 206 valence electrons. The van der Waals surface area contributed by atoms with Crippen LogP contribution < -0.4 is 5.32 Å². The number of ether oxygens (including phenoxy) is 1. The highest BCUT2D eigenvalue weighted by molar-refractivity contribution is 7.14. The van der Waals surface area contributed by atoms with E-state index >= 15 is 0 Å². The van der Waals surface area contributed by atoms with E-state index in [2.05, 4.69) is 88.0 Å². The molecule has 1 aromatic heterocycles. The number of carbonyl (C=O) groups excluding carboxylic acids is 1. The number of benzene rings is 3. The minimum absolute atomic E-state index is 0.454. The van der Waals surface area contributed by atoms with Gasteiger partial charge in [-0.1, -0.05) is 91.0 Å². The second kappa shape index (κ2) is 11.8. The maximum atomic E-state index is 12.2. The van der Waals surface area contributed by atoms with Crippen molar-refractivity contribution in [1.82, 2.24) is 9.88 Å². The van der Waals surface area contributed by atoms with E-state index in [-0.39, 0.29) is 0 Å². The van der Waals surface area contributed by atoms with Gasteiger partial charge >= 0.3 is 6.09 Å². The molecule has 4 aromatic rings. The van der Waals surface area contributed by atoms with Crippen LogP contribution >= 0.6 is 11.3 Å². The molecular weight excluding hydrogens is 518 g/mol. The number of carbonyl (C=O) groups is 1. The first-order chi connectivity index (χ1) is 19.3. The lowest BCUT2D eigenvalue weighted by Crippen LogP contribution is -2.52. The summed E-state index contributed by atoms with van der Waals surface area (Å²) in [5.74, 6) is 0. The number of amides is 1. The second-order valence-corrected chi connectivity index (χ2v) is 11.8. The van der Waals surface area contributed by atoms with Crippen LogP contribution in [-0.4, -0.2) is 45.9 Å². The van der Waals surface area contributed by atoms with Crippen molar-refractivity contribution in [3.8, 4) is 0 Å². The summed E-state index contributed by atoms with van der Waals surface area (Å²) in [6.07, 6.45) is 1.41. The van der Waals surface area contributed by atoms with Gasteiger partial charge in [0.05, 0.1) is 17.3 Å². The van der Waals surface area contributed by atoms with Gasteiger partial charge in [0.25, 0.3) is 0 Å². The fourth-order valence-corrected chi connectivity index (χ4v) is 6.03. The molecule has 5 rings (SSSR count). The largest absolute Gasteiger partial charge is 0.444 e. The smallest absolute Gasteiger partial charge is 0.413 e. The molecule has 1 amide bonds. The van der Waals surface area contributed by atoms with E-state index in [0.717, 1.165) is 5.57 Å². The van der Waals surface area contributed by atoms with Gasteiger partial charge in [-0.3, -0.25) is 10.2 Å². The Hall–Kier alpha value is -3.78. The summed E-state index contributed by atoms with van der Waals surface area (Å²) >= 11 is 1.33. The Morgan fingerprint density at radius 1 is 0.950 bits per heavy atom. The first kappa shape index (κ1) is 27.8. The summed E-state index contributed by atoms with van der Waals surface area (Å²) in [5, 5.41) is 16.1. The van der Waals surface area contributed by atoms with E-state index < -0.39 is 23.3 Å². The number of nitrogens with zero attached hydrogens (tertiary/aromatic N) is 2. The van der Waals surface area contributed by atoms with E-state index in [1.54, 1.807) is 0 Å². The molecule has 7 heteroatoms. The standard InChI is InChI=1S/C33H35N3O3S/c1-32(2,3)39-31(38)35-30-34-28(23-40-30)21-24-22-36(20-19-29(24)37)33(25-13-7-4-8-14-25,26-15-9-5-10-16-26)27-17-11-6-12-18-27/h4-18,21,23,29,37H,19-20,22H2,1-3H3,(H,34,35,38)/b24-21-. The van der Waals surface area contributed by atoms with Crippen molar-refractivity contribution < 1.29 is 14.6 Å². The number of aromatic nitrogens is 1. The Labute approximate surface area is 240 Å². The van der Waals surface area contributed by atoms with Crippen molar-refractivity contribution in [2.75, 3.05) is 18.4 Å². The van der Waals surface area contributed by atoms with Gasteiger partial charge in [0.2, 0.25) is 0 Å². The van der Waals surface area contributed by atoms with Crippen LogP contribution in [0.5, 0.6) is 0 Å². The molecule has 0 radical (unpaired) electrons. The zero-order valence-electron chi connectivity index (χ0n) is 23.1. The Morgan fingerprint density at radius 2 is 1.48 bits per heavy atom. The van der Waals surface area contributed by atoms with Crippen molar-refractivity contribution >= 4 is 28.6 Å². The SMILES string of the molecule is CC(C)(C)OC(=O)Nc1nc(/C=C2/CN(C(c3ccccc3)(c3ccccc3)c3ccccc3)CCC2O)cs1. The lowest BCUT2D eigenvalue weighted by molar-refractivity contribution is 0.0636. The van der Waals surface area contributed by atoms with E-state index in [1.165, 1.54) is 28.0 Å². The molecule has 1 unspecified atom stereocenters. The van der Waals surface area contributed by atoms with Crippen molar-refractivity contribution in [2.45, 2.75) is 44.4 Å². The van der Waals surface area contributed by atoms with Crippen molar-refractivity contribution in [1.29, 1.82) is 0 Å². The van der Waals surface area contributed by atoms with Crippen LogP contribution in [0, 0.1) is 0 Å². The molecule has 0 bridgehead atoms.